The first kappa shape index (κ1) is 18.8. The van der Waals surface area contributed by atoms with E-state index < -0.39 is 5.92 Å². The Kier molecular flexibility index (Phi) is 8.59. The van der Waals surface area contributed by atoms with E-state index in [-0.39, 0.29) is 12.5 Å². The van der Waals surface area contributed by atoms with Gasteiger partial charge in [-0.15, -0.1) is 0 Å². The average molecular weight is 323 g/mol. The van der Waals surface area contributed by atoms with Crippen LogP contribution in [0.25, 0.3) is 0 Å². The lowest BCUT2D eigenvalue weighted by Gasteiger charge is -2.19. The molecule has 8 nitrogen and oxygen atoms in total. The number of unbranched alkanes of at least 4 members (excludes halogenated alkanes) is 2. The third-order valence-corrected chi connectivity index (χ3v) is 3.47. The SMILES string of the molecule is CCCCC[C@@H](CN(O)C=O)C(=O)NNc1ncc(CC)cn1. The number of carbonyl (C=O) groups is 2. The molecule has 0 aliphatic heterocycles. The van der Waals surface area contributed by atoms with Gasteiger partial charge in [0.1, 0.15) is 0 Å². The maximum Gasteiger partial charge on any atom is 0.243 e. The number of amides is 2. The fraction of sp³-hybridized carbons (Fsp3) is 0.600. The molecular weight excluding hydrogens is 298 g/mol. The van der Waals surface area contributed by atoms with Crippen LogP contribution in [0.2, 0.25) is 0 Å². The van der Waals surface area contributed by atoms with Crippen molar-refractivity contribution in [2.45, 2.75) is 46.0 Å². The minimum Gasteiger partial charge on any atom is -0.286 e. The molecule has 1 atom stereocenters. The fourth-order valence-corrected chi connectivity index (χ4v) is 2.04. The van der Waals surface area contributed by atoms with Gasteiger partial charge in [-0.25, -0.2) is 15.0 Å². The molecule has 0 spiro atoms. The summed E-state index contributed by atoms with van der Waals surface area (Å²) >= 11 is 0. The molecule has 1 rings (SSSR count). The summed E-state index contributed by atoms with van der Waals surface area (Å²) in [5, 5.41) is 9.81. The highest BCUT2D eigenvalue weighted by Crippen LogP contribution is 2.11. The van der Waals surface area contributed by atoms with Gasteiger partial charge in [0.05, 0.1) is 12.5 Å². The van der Waals surface area contributed by atoms with Crippen molar-refractivity contribution in [3.05, 3.63) is 18.0 Å². The summed E-state index contributed by atoms with van der Waals surface area (Å²) in [6.07, 6.45) is 7.95. The molecule has 3 N–H and O–H groups in total. The van der Waals surface area contributed by atoms with Gasteiger partial charge in [0.2, 0.25) is 18.3 Å². The van der Waals surface area contributed by atoms with Gasteiger partial charge >= 0.3 is 0 Å². The molecule has 23 heavy (non-hydrogen) atoms. The lowest BCUT2D eigenvalue weighted by atomic mass is 10.0. The Balaban J connectivity index is 2.54. The van der Waals surface area contributed by atoms with E-state index in [4.69, 9.17) is 0 Å². The first-order chi connectivity index (χ1) is 11.1. The summed E-state index contributed by atoms with van der Waals surface area (Å²) in [6.45, 7) is 4.02. The normalized spacial score (nSPS) is 11.6. The number of nitrogens with zero attached hydrogens (tertiary/aromatic N) is 3. The molecule has 0 bridgehead atoms. The smallest absolute Gasteiger partial charge is 0.243 e. The summed E-state index contributed by atoms with van der Waals surface area (Å²) < 4.78 is 0. The number of aryl methyl sites for hydroxylation is 1. The zero-order valence-corrected chi connectivity index (χ0v) is 13.7. The number of aromatic nitrogens is 2. The van der Waals surface area contributed by atoms with Crippen LogP contribution in [-0.4, -0.2) is 39.1 Å². The molecule has 1 aromatic heterocycles. The number of hydrogen-bond donors (Lipinski definition) is 3. The van der Waals surface area contributed by atoms with Crippen molar-refractivity contribution in [3.8, 4) is 0 Å². The minimum absolute atomic E-state index is 0.0453. The first-order valence-electron chi connectivity index (χ1n) is 7.88. The van der Waals surface area contributed by atoms with Crippen LogP contribution in [0, 0.1) is 5.92 Å². The van der Waals surface area contributed by atoms with Crippen LogP contribution in [0.5, 0.6) is 0 Å². The average Bonchev–Trinajstić information content (AvgIpc) is 2.59. The van der Waals surface area contributed by atoms with Crippen LogP contribution in [0.15, 0.2) is 12.4 Å². The number of hydroxylamine groups is 2. The zero-order valence-electron chi connectivity index (χ0n) is 13.7. The van der Waals surface area contributed by atoms with Gasteiger partial charge < -0.3 is 0 Å². The predicted octanol–water partition coefficient (Wildman–Crippen LogP) is 1.53. The maximum absolute atomic E-state index is 12.2. The molecule has 0 fully saturated rings. The van der Waals surface area contributed by atoms with Gasteiger partial charge in [-0.05, 0) is 18.4 Å². The van der Waals surface area contributed by atoms with Crippen molar-refractivity contribution in [1.82, 2.24) is 20.5 Å². The molecule has 0 saturated carbocycles. The van der Waals surface area contributed by atoms with Gasteiger partial charge in [-0.2, -0.15) is 0 Å². The van der Waals surface area contributed by atoms with Gasteiger partial charge in [0.25, 0.3) is 0 Å². The molecule has 0 aromatic carbocycles. The second kappa shape index (κ2) is 10.5. The van der Waals surface area contributed by atoms with E-state index in [2.05, 4.69) is 27.7 Å². The summed E-state index contributed by atoms with van der Waals surface area (Å²) in [5.41, 5.74) is 6.17. The number of carbonyl (C=O) groups excluding carboxylic acids is 2. The molecule has 8 heteroatoms. The highest BCUT2D eigenvalue weighted by atomic mass is 16.5. The standard InChI is InChI=1S/C15H25N5O3/c1-3-5-6-7-13(10-20(23)11-21)14(22)18-19-15-16-8-12(4-2)9-17-15/h8-9,11,13,23H,3-7,10H2,1-2H3,(H,18,22)(H,16,17,19)/t13-/m0/s1. The molecule has 0 unspecified atom stereocenters. The van der Waals surface area contributed by atoms with E-state index in [0.29, 0.717) is 23.8 Å². The Morgan fingerprint density at radius 1 is 1.35 bits per heavy atom. The minimum atomic E-state index is -0.501. The van der Waals surface area contributed by atoms with Crippen molar-refractivity contribution in [2.24, 2.45) is 5.92 Å². The van der Waals surface area contributed by atoms with Crippen molar-refractivity contribution in [2.75, 3.05) is 12.0 Å². The molecule has 0 saturated heterocycles. The molecule has 1 aromatic rings. The topological polar surface area (TPSA) is 107 Å². The van der Waals surface area contributed by atoms with Crippen LogP contribution in [0.1, 0.15) is 45.1 Å². The van der Waals surface area contributed by atoms with E-state index >= 15 is 0 Å². The van der Waals surface area contributed by atoms with E-state index in [1.54, 1.807) is 12.4 Å². The molecule has 128 valence electrons. The van der Waals surface area contributed by atoms with Gasteiger partial charge in [-0.3, -0.25) is 25.6 Å². The van der Waals surface area contributed by atoms with Crippen LogP contribution >= 0.6 is 0 Å². The Morgan fingerprint density at radius 3 is 2.61 bits per heavy atom. The maximum atomic E-state index is 12.2. The number of hydrazine groups is 1. The second-order valence-electron chi connectivity index (χ2n) is 5.30. The number of nitrogens with one attached hydrogen (secondary N) is 2. The van der Waals surface area contributed by atoms with E-state index in [0.717, 1.165) is 31.2 Å². The number of rotatable bonds is 11. The summed E-state index contributed by atoms with van der Waals surface area (Å²) in [6, 6.07) is 0. The summed E-state index contributed by atoms with van der Waals surface area (Å²) in [7, 11) is 0. The molecule has 0 aliphatic rings. The van der Waals surface area contributed by atoms with Crippen LogP contribution in [0.3, 0.4) is 0 Å². The van der Waals surface area contributed by atoms with Gasteiger partial charge in [-0.1, -0.05) is 33.1 Å². The zero-order chi connectivity index (χ0) is 17.1. The predicted molar refractivity (Wildman–Crippen MR) is 85.4 cm³/mol. The summed E-state index contributed by atoms with van der Waals surface area (Å²) in [4.78, 5) is 30.9. The number of anilines is 1. The first-order valence-corrected chi connectivity index (χ1v) is 7.88. The summed E-state index contributed by atoms with van der Waals surface area (Å²) in [5.74, 6) is -0.525. The largest absolute Gasteiger partial charge is 0.286 e. The van der Waals surface area contributed by atoms with Crippen LogP contribution < -0.4 is 10.9 Å². The lowest BCUT2D eigenvalue weighted by molar-refractivity contribution is -0.154. The third-order valence-electron chi connectivity index (χ3n) is 3.47. The van der Waals surface area contributed by atoms with E-state index in [1.807, 2.05) is 6.92 Å². The van der Waals surface area contributed by atoms with Crippen molar-refractivity contribution >= 4 is 18.3 Å². The Labute approximate surface area is 136 Å². The monoisotopic (exact) mass is 323 g/mol. The van der Waals surface area contributed by atoms with Crippen molar-refractivity contribution in [1.29, 1.82) is 0 Å². The Hall–Kier alpha value is -2.22. The second-order valence-corrected chi connectivity index (χ2v) is 5.30. The fourth-order valence-electron chi connectivity index (χ4n) is 2.04. The molecule has 2 amide bonds. The Bertz CT molecular complexity index is 481. The van der Waals surface area contributed by atoms with Gasteiger partial charge in [0, 0.05) is 12.4 Å². The molecule has 1 heterocycles. The quantitative estimate of drug-likeness (QED) is 0.247. The number of hydrogen-bond acceptors (Lipinski definition) is 6. The Morgan fingerprint density at radius 2 is 2.04 bits per heavy atom. The highest BCUT2D eigenvalue weighted by molar-refractivity contribution is 5.80. The van der Waals surface area contributed by atoms with Crippen molar-refractivity contribution < 1.29 is 14.8 Å². The van der Waals surface area contributed by atoms with E-state index in [1.165, 1.54) is 0 Å². The van der Waals surface area contributed by atoms with Gasteiger partial charge in [0.15, 0.2) is 0 Å². The van der Waals surface area contributed by atoms with Crippen LogP contribution in [0.4, 0.5) is 5.95 Å². The third kappa shape index (κ3) is 7.05. The van der Waals surface area contributed by atoms with Crippen LogP contribution in [-0.2, 0) is 16.0 Å². The van der Waals surface area contributed by atoms with E-state index in [9.17, 15) is 14.8 Å². The van der Waals surface area contributed by atoms with Crippen molar-refractivity contribution in [3.63, 3.8) is 0 Å². The lowest BCUT2D eigenvalue weighted by Crippen LogP contribution is -2.40. The molecule has 0 radical (unpaired) electrons. The highest BCUT2D eigenvalue weighted by Gasteiger charge is 2.20. The molecule has 0 aliphatic carbocycles. The molecular formula is C15H25N5O3.